The molecule has 0 spiro atoms. The summed E-state index contributed by atoms with van der Waals surface area (Å²) in [5.41, 5.74) is 0. The van der Waals surface area contributed by atoms with E-state index in [4.69, 9.17) is 14.6 Å². The first kappa shape index (κ1) is 16.2. The Hall–Kier alpha value is -0.770. The van der Waals surface area contributed by atoms with E-state index < -0.39 is 6.16 Å². The van der Waals surface area contributed by atoms with Gasteiger partial charge in [0.2, 0.25) is 0 Å². The number of rotatable bonds is 11. The lowest BCUT2D eigenvalue weighted by molar-refractivity contribution is 0.0397. The van der Waals surface area contributed by atoms with Crippen LogP contribution in [0.15, 0.2) is 0 Å². The van der Waals surface area contributed by atoms with Crippen molar-refractivity contribution in [2.24, 2.45) is 0 Å². The molecule has 0 aliphatic heterocycles. The van der Waals surface area contributed by atoms with Crippen LogP contribution in [0.25, 0.3) is 0 Å². The van der Waals surface area contributed by atoms with Crippen molar-refractivity contribution in [3.05, 3.63) is 0 Å². The molecule has 0 heterocycles. The van der Waals surface area contributed by atoms with Crippen molar-refractivity contribution in [3.8, 4) is 0 Å². The number of hydrogen-bond acceptors (Lipinski definition) is 3. The Bertz CT molecular complexity index is 182. The van der Waals surface area contributed by atoms with Gasteiger partial charge in [-0.1, -0.05) is 33.1 Å². The largest absolute Gasteiger partial charge is 0.506 e. The molecule has 102 valence electrons. The second-order valence-electron chi connectivity index (χ2n) is 4.23. The molecule has 17 heavy (non-hydrogen) atoms. The molecular formula is C13H26O4. The Morgan fingerprint density at radius 3 is 2.41 bits per heavy atom. The number of unbranched alkanes of at least 4 members (excludes halogenated alkanes) is 3. The third kappa shape index (κ3) is 11.5. The maximum Gasteiger partial charge on any atom is 0.506 e. The summed E-state index contributed by atoms with van der Waals surface area (Å²) in [6.45, 7) is 5.63. The molecule has 1 atom stereocenters. The second kappa shape index (κ2) is 11.7. The molecule has 0 aromatic heterocycles. The summed E-state index contributed by atoms with van der Waals surface area (Å²) < 4.78 is 10.2. The average Bonchev–Trinajstić information content (AvgIpc) is 2.30. The fourth-order valence-electron chi connectivity index (χ4n) is 1.63. The van der Waals surface area contributed by atoms with Gasteiger partial charge in [-0.25, -0.2) is 4.79 Å². The van der Waals surface area contributed by atoms with Crippen LogP contribution in [0.2, 0.25) is 0 Å². The molecular weight excluding hydrogens is 220 g/mol. The van der Waals surface area contributed by atoms with Crippen LogP contribution >= 0.6 is 0 Å². The fourth-order valence-corrected chi connectivity index (χ4v) is 1.63. The van der Waals surface area contributed by atoms with Gasteiger partial charge in [-0.2, -0.15) is 0 Å². The van der Waals surface area contributed by atoms with E-state index in [0.717, 1.165) is 32.3 Å². The Morgan fingerprint density at radius 1 is 1.12 bits per heavy atom. The highest BCUT2D eigenvalue weighted by Crippen LogP contribution is 2.07. The van der Waals surface area contributed by atoms with E-state index in [2.05, 4.69) is 6.92 Å². The topological polar surface area (TPSA) is 55.8 Å². The lowest BCUT2D eigenvalue weighted by atomic mass is 10.1. The van der Waals surface area contributed by atoms with Gasteiger partial charge >= 0.3 is 6.16 Å². The third-order valence-corrected chi connectivity index (χ3v) is 2.68. The highest BCUT2D eigenvalue weighted by Gasteiger charge is 2.10. The van der Waals surface area contributed by atoms with E-state index in [-0.39, 0.29) is 6.10 Å². The Morgan fingerprint density at radius 2 is 1.82 bits per heavy atom. The number of hydrogen-bond donors (Lipinski definition) is 1. The maximum absolute atomic E-state index is 10.4. The van der Waals surface area contributed by atoms with E-state index in [1.807, 2.05) is 6.92 Å². The zero-order chi connectivity index (χ0) is 12.9. The van der Waals surface area contributed by atoms with Crippen molar-refractivity contribution in [1.29, 1.82) is 0 Å². The molecule has 4 heteroatoms. The van der Waals surface area contributed by atoms with Crippen LogP contribution in [-0.2, 0) is 9.47 Å². The van der Waals surface area contributed by atoms with Crippen molar-refractivity contribution in [1.82, 2.24) is 0 Å². The second-order valence-corrected chi connectivity index (χ2v) is 4.23. The molecule has 0 bridgehead atoms. The molecule has 4 nitrogen and oxygen atoms in total. The highest BCUT2D eigenvalue weighted by atomic mass is 16.7. The minimum atomic E-state index is -1.18. The van der Waals surface area contributed by atoms with E-state index in [1.54, 1.807) is 0 Å². The lowest BCUT2D eigenvalue weighted by Crippen LogP contribution is -2.16. The molecule has 0 fully saturated rings. The fraction of sp³-hybridized carbons (Fsp3) is 0.923. The average molecular weight is 246 g/mol. The van der Waals surface area contributed by atoms with Crippen LogP contribution in [0, 0.1) is 0 Å². The molecule has 0 aromatic rings. The molecule has 0 aromatic carbocycles. The van der Waals surface area contributed by atoms with Gasteiger partial charge in [0.05, 0.1) is 0 Å². The molecule has 0 aliphatic rings. The molecule has 0 amide bonds. The zero-order valence-electron chi connectivity index (χ0n) is 11.1. The van der Waals surface area contributed by atoms with Gasteiger partial charge in [0.25, 0.3) is 0 Å². The molecule has 1 N–H and O–H groups in total. The Kier molecular flexibility index (Phi) is 11.2. The van der Waals surface area contributed by atoms with Gasteiger partial charge in [0.1, 0.15) is 6.10 Å². The van der Waals surface area contributed by atoms with Crippen molar-refractivity contribution < 1.29 is 19.4 Å². The molecule has 1 unspecified atom stereocenters. The molecule has 0 saturated heterocycles. The number of carboxylic acid groups (broad SMARTS) is 1. The van der Waals surface area contributed by atoms with Gasteiger partial charge in [-0.3, -0.25) is 0 Å². The van der Waals surface area contributed by atoms with E-state index in [9.17, 15) is 4.79 Å². The van der Waals surface area contributed by atoms with Crippen molar-refractivity contribution in [3.63, 3.8) is 0 Å². The van der Waals surface area contributed by atoms with Gasteiger partial charge in [-0.15, -0.1) is 0 Å². The predicted molar refractivity (Wildman–Crippen MR) is 67.4 cm³/mol. The number of carbonyl (C=O) groups is 1. The SMILES string of the molecule is CCCCCCOCCCC(CC)OC(=O)O. The van der Waals surface area contributed by atoms with Crippen molar-refractivity contribution >= 4 is 6.16 Å². The minimum Gasteiger partial charge on any atom is -0.450 e. The molecule has 0 rings (SSSR count). The zero-order valence-corrected chi connectivity index (χ0v) is 11.1. The monoisotopic (exact) mass is 246 g/mol. The van der Waals surface area contributed by atoms with Gasteiger partial charge in [0.15, 0.2) is 0 Å². The number of ether oxygens (including phenoxy) is 2. The summed E-state index contributed by atoms with van der Waals surface area (Å²) in [6, 6.07) is 0. The van der Waals surface area contributed by atoms with Gasteiger partial charge in [-0.05, 0) is 25.7 Å². The molecule has 0 radical (unpaired) electrons. The van der Waals surface area contributed by atoms with Crippen LogP contribution in [0.1, 0.15) is 58.8 Å². The first-order chi connectivity index (χ1) is 8.20. The summed E-state index contributed by atoms with van der Waals surface area (Å²) >= 11 is 0. The Labute approximate surface area is 104 Å². The summed E-state index contributed by atoms with van der Waals surface area (Å²) in [4.78, 5) is 10.4. The summed E-state index contributed by atoms with van der Waals surface area (Å²) in [5, 5.41) is 8.48. The van der Waals surface area contributed by atoms with Gasteiger partial charge in [0, 0.05) is 13.2 Å². The minimum absolute atomic E-state index is 0.184. The highest BCUT2D eigenvalue weighted by molar-refractivity contribution is 5.57. The molecule has 0 aliphatic carbocycles. The summed E-state index contributed by atoms with van der Waals surface area (Å²) in [6.07, 6.45) is 5.83. The normalized spacial score (nSPS) is 12.4. The molecule has 0 saturated carbocycles. The van der Waals surface area contributed by atoms with Crippen LogP contribution in [0.3, 0.4) is 0 Å². The maximum atomic E-state index is 10.4. The standard InChI is InChI=1S/C13H26O4/c1-3-5-6-7-10-16-11-8-9-12(4-2)17-13(14)15/h12H,3-11H2,1-2H3,(H,14,15). The van der Waals surface area contributed by atoms with E-state index >= 15 is 0 Å². The first-order valence-electron chi connectivity index (χ1n) is 6.68. The van der Waals surface area contributed by atoms with Crippen LogP contribution < -0.4 is 0 Å². The summed E-state index contributed by atoms with van der Waals surface area (Å²) in [5.74, 6) is 0. The Balaban J connectivity index is 3.28. The summed E-state index contributed by atoms with van der Waals surface area (Å²) in [7, 11) is 0. The van der Waals surface area contributed by atoms with Crippen LogP contribution in [0.5, 0.6) is 0 Å². The van der Waals surface area contributed by atoms with Crippen LogP contribution in [0.4, 0.5) is 4.79 Å². The van der Waals surface area contributed by atoms with E-state index in [1.165, 1.54) is 19.3 Å². The third-order valence-electron chi connectivity index (χ3n) is 2.68. The predicted octanol–water partition coefficient (Wildman–Crippen LogP) is 3.84. The lowest BCUT2D eigenvalue weighted by Gasteiger charge is -2.13. The first-order valence-corrected chi connectivity index (χ1v) is 6.68. The van der Waals surface area contributed by atoms with Crippen LogP contribution in [-0.4, -0.2) is 30.6 Å². The smallest absolute Gasteiger partial charge is 0.450 e. The van der Waals surface area contributed by atoms with Gasteiger partial charge < -0.3 is 14.6 Å². The van der Waals surface area contributed by atoms with E-state index in [0.29, 0.717) is 6.61 Å². The quantitative estimate of drug-likeness (QED) is 0.444. The van der Waals surface area contributed by atoms with Crippen molar-refractivity contribution in [2.75, 3.05) is 13.2 Å². The van der Waals surface area contributed by atoms with Crippen molar-refractivity contribution in [2.45, 2.75) is 64.9 Å².